The highest BCUT2D eigenvalue weighted by atomic mass is 35.5. The molecule has 0 spiro atoms. The van der Waals surface area contributed by atoms with Gasteiger partial charge in [-0.15, -0.1) is 11.3 Å². The highest BCUT2D eigenvalue weighted by molar-refractivity contribution is 7.16. The van der Waals surface area contributed by atoms with E-state index < -0.39 is 12.1 Å². The molecule has 0 aromatic carbocycles. The predicted molar refractivity (Wildman–Crippen MR) is 82.0 cm³/mol. The largest absolute Gasteiger partial charge is 0.392 e. The standard InChI is InChI=1S/C15H21ClF3NS/c1-2-20-13(9-10-7-8-14(16)21-10)11-5-3-4-6-12(11)15(17,18)19/h7-8,11-13,20H,2-6,9H2,1H3. The normalized spacial score (nSPS) is 25.0. The van der Waals surface area contributed by atoms with Gasteiger partial charge in [0, 0.05) is 10.9 Å². The molecule has 1 heterocycles. The number of hydrogen-bond acceptors (Lipinski definition) is 2. The van der Waals surface area contributed by atoms with Crippen molar-refractivity contribution in [1.29, 1.82) is 0 Å². The molecule has 120 valence electrons. The summed E-state index contributed by atoms with van der Waals surface area (Å²) in [6.07, 6.45) is -0.967. The number of halogens is 4. The van der Waals surface area contributed by atoms with Gasteiger partial charge in [0.05, 0.1) is 10.3 Å². The van der Waals surface area contributed by atoms with Crippen molar-refractivity contribution in [1.82, 2.24) is 5.32 Å². The third-order valence-electron chi connectivity index (χ3n) is 4.27. The highest BCUT2D eigenvalue weighted by Gasteiger charge is 2.47. The smallest absolute Gasteiger partial charge is 0.314 e. The zero-order valence-electron chi connectivity index (χ0n) is 12.0. The van der Waals surface area contributed by atoms with Crippen molar-refractivity contribution in [3.63, 3.8) is 0 Å². The molecule has 3 atom stereocenters. The maximum absolute atomic E-state index is 13.3. The highest BCUT2D eigenvalue weighted by Crippen LogP contribution is 2.43. The first-order valence-corrected chi connectivity index (χ1v) is 8.65. The minimum atomic E-state index is -4.09. The molecule has 1 aliphatic carbocycles. The Balaban J connectivity index is 2.14. The Bertz CT molecular complexity index is 446. The van der Waals surface area contributed by atoms with Crippen LogP contribution < -0.4 is 5.32 Å². The van der Waals surface area contributed by atoms with Crippen LogP contribution in [0.4, 0.5) is 13.2 Å². The summed E-state index contributed by atoms with van der Waals surface area (Å²) in [5, 5.41) is 3.28. The monoisotopic (exact) mass is 339 g/mol. The van der Waals surface area contributed by atoms with E-state index in [1.807, 2.05) is 19.1 Å². The van der Waals surface area contributed by atoms with Gasteiger partial charge in [0.2, 0.25) is 0 Å². The molecule has 1 nitrogen and oxygen atoms in total. The summed E-state index contributed by atoms with van der Waals surface area (Å²) >= 11 is 7.38. The van der Waals surface area contributed by atoms with Crippen LogP contribution in [0, 0.1) is 11.8 Å². The molecule has 1 aromatic rings. The molecule has 1 aromatic heterocycles. The summed E-state index contributed by atoms with van der Waals surface area (Å²) in [6.45, 7) is 2.63. The topological polar surface area (TPSA) is 12.0 Å². The van der Waals surface area contributed by atoms with Crippen LogP contribution in [-0.2, 0) is 6.42 Å². The molecule has 1 aliphatic rings. The molecule has 0 amide bonds. The Labute approximate surface area is 132 Å². The van der Waals surface area contributed by atoms with Crippen molar-refractivity contribution in [3.8, 4) is 0 Å². The molecule has 0 aliphatic heterocycles. The Morgan fingerprint density at radius 3 is 2.62 bits per heavy atom. The lowest BCUT2D eigenvalue weighted by Crippen LogP contribution is -2.46. The predicted octanol–water partition coefficient (Wildman–Crippen LogP) is 5.29. The van der Waals surface area contributed by atoms with Gasteiger partial charge < -0.3 is 5.32 Å². The lowest BCUT2D eigenvalue weighted by Gasteiger charge is -2.38. The summed E-state index contributed by atoms with van der Waals surface area (Å²) in [5.74, 6) is -1.51. The van der Waals surface area contributed by atoms with E-state index in [0.717, 1.165) is 11.3 Å². The van der Waals surface area contributed by atoms with Gasteiger partial charge in [-0.2, -0.15) is 13.2 Å². The summed E-state index contributed by atoms with van der Waals surface area (Å²) in [7, 11) is 0. The average molecular weight is 340 g/mol. The second-order valence-corrected chi connectivity index (χ2v) is 7.47. The van der Waals surface area contributed by atoms with Gasteiger partial charge in [0.1, 0.15) is 0 Å². The van der Waals surface area contributed by atoms with Crippen LogP contribution in [-0.4, -0.2) is 18.8 Å². The Morgan fingerprint density at radius 2 is 2.05 bits per heavy atom. The van der Waals surface area contributed by atoms with E-state index in [1.54, 1.807) is 0 Å². The Hall–Kier alpha value is -0.260. The quantitative estimate of drug-likeness (QED) is 0.768. The van der Waals surface area contributed by atoms with Gasteiger partial charge in [0.25, 0.3) is 0 Å². The Morgan fingerprint density at radius 1 is 1.33 bits per heavy atom. The van der Waals surface area contributed by atoms with Crippen molar-refractivity contribution in [2.45, 2.75) is 51.2 Å². The molecule has 2 rings (SSSR count). The summed E-state index contributed by atoms with van der Waals surface area (Å²) in [4.78, 5) is 1.05. The molecule has 0 saturated heterocycles. The average Bonchev–Trinajstić information content (AvgIpc) is 2.83. The first-order valence-electron chi connectivity index (χ1n) is 7.46. The fourth-order valence-corrected chi connectivity index (χ4v) is 4.51. The van der Waals surface area contributed by atoms with Crippen LogP contribution >= 0.6 is 22.9 Å². The maximum atomic E-state index is 13.3. The van der Waals surface area contributed by atoms with Gasteiger partial charge in [-0.1, -0.05) is 31.4 Å². The maximum Gasteiger partial charge on any atom is 0.392 e. The first-order chi connectivity index (χ1) is 9.91. The van der Waals surface area contributed by atoms with Crippen molar-refractivity contribution < 1.29 is 13.2 Å². The number of alkyl halides is 3. The molecular formula is C15H21ClF3NS. The third kappa shape index (κ3) is 4.60. The van der Waals surface area contributed by atoms with Gasteiger partial charge in [-0.25, -0.2) is 0 Å². The summed E-state index contributed by atoms with van der Waals surface area (Å²) in [5.41, 5.74) is 0. The minimum Gasteiger partial charge on any atom is -0.314 e. The molecule has 1 saturated carbocycles. The van der Waals surface area contributed by atoms with E-state index in [-0.39, 0.29) is 18.4 Å². The zero-order chi connectivity index (χ0) is 15.5. The molecule has 0 bridgehead atoms. The molecule has 1 N–H and O–H groups in total. The van der Waals surface area contributed by atoms with E-state index in [4.69, 9.17) is 11.6 Å². The second-order valence-electron chi connectivity index (χ2n) is 5.67. The van der Waals surface area contributed by atoms with Crippen LogP contribution in [0.5, 0.6) is 0 Å². The first kappa shape index (κ1) is 17.1. The van der Waals surface area contributed by atoms with E-state index in [1.165, 1.54) is 11.3 Å². The number of nitrogens with one attached hydrogen (secondary N) is 1. The van der Waals surface area contributed by atoms with Crippen LogP contribution in [0.2, 0.25) is 4.34 Å². The lowest BCUT2D eigenvalue weighted by molar-refractivity contribution is -0.199. The zero-order valence-corrected chi connectivity index (χ0v) is 13.6. The molecule has 0 radical (unpaired) electrons. The SMILES string of the molecule is CCNC(Cc1ccc(Cl)s1)C1CCCCC1C(F)(F)F. The number of thiophene rings is 1. The number of rotatable bonds is 5. The van der Waals surface area contributed by atoms with Gasteiger partial charge in [-0.05, 0) is 43.9 Å². The van der Waals surface area contributed by atoms with Crippen LogP contribution in [0.25, 0.3) is 0 Å². The number of hydrogen-bond donors (Lipinski definition) is 1. The summed E-state index contributed by atoms with van der Waals surface area (Å²) < 4.78 is 40.6. The van der Waals surface area contributed by atoms with Crippen LogP contribution in [0.1, 0.15) is 37.5 Å². The molecular weight excluding hydrogens is 319 g/mol. The van der Waals surface area contributed by atoms with Gasteiger partial charge in [-0.3, -0.25) is 0 Å². The van der Waals surface area contributed by atoms with E-state index in [2.05, 4.69) is 5.32 Å². The molecule has 6 heteroatoms. The van der Waals surface area contributed by atoms with Gasteiger partial charge in [0.15, 0.2) is 0 Å². The molecule has 21 heavy (non-hydrogen) atoms. The van der Waals surface area contributed by atoms with E-state index in [9.17, 15) is 13.2 Å². The van der Waals surface area contributed by atoms with E-state index in [0.29, 0.717) is 30.1 Å². The minimum absolute atomic E-state index is 0.128. The fourth-order valence-electron chi connectivity index (χ4n) is 3.36. The third-order valence-corrected chi connectivity index (χ3v) is 5.53. The van der Waals surface area contributed by atoms with Crippen molar-refractivity contribution >= 4 is 22.9 Å². The summed E-state index contributed by atoms with van der Waals surface area (Å²) in [6, 6.07) is 3.60. The van der Waals surface area contributed by atoms with E-state index >= 15 is 0 Å². The fraction of sp³-hybridized carbons (Fsp3) is 0.733. The van der Waals surface area contributed by atoms with Crippen molar-refractivity contribution in [2.24, 2.45) is 11.8 Å². The molecule has 1 fully saturated rings. The lowest BCUT2D eigenvalue weighted by atomic mass is 9.74. The number of likely N-dealkylation sites (N-methyl/N-ethyl adjacent to an activating group) is 1. The van der Waals surface area contributed by atoms with Crippen LogP contribution in [0.3, 0.4) is 0 Å². The Kier molecular flexibility index (Phi) is 5.97. The van der Waals surface area contributed by atoms with Crippen molar-refractivity contribution in [2.75, 3.05) is 6.54 Å². The second kappa shape index (κ2) is 7.34. The molecule has 3 unspecified atom stereocenters. The van der Waals surface area contributed by atoms with Gasteiger partial charge >= 0.3 is 6.18 Å². The van der Waals surface area contributed by atoms with Crippen LogP contribution in [0.15, 0.2) is 12.1 Å². The van der Waals surface area contributed by atoms with Crippen molar-refractivity contribution in [3.05, 3.63) is 21.3 Å².